The fourth-order valence-electron chi connectivity index (χ4n) is 2.32. The number of hydrogen-bond donors (Lipinski definition) is 1. The Kier molecular flexibility index (Phi) is 4.29. The third-order valence-electron chi connectivity index (χ3n) is 3.37. The second-order valence-corrected chi connectivity index (χ2v) is 5.25. The zero-order valence-electron chi connectivity index (χ0n) is 11.7. The van der Waals surface area contributed by atoms with Gasteiger partial charge in [0.2, 0.25) is 0 Å². The van der Waals surface area contributed by atoms with E-state index in [-0.39, 0.29) is 5.95 Å². The molecule has 0 fully saturated rings. The van der Waals surface area contributed by atoms with Crippen molar-refractivity contribution in [2.75, 3.05) is 11.9 Å². The molecular formula is C15H14ClN5O. The molecule has 6 nitrogen and oxygen atoms in total. The molecular weight excluding hydrogens is 302 g/mol. The Labute approximate surface area is 132 Å². The van der Waals surface area contributed by atoms with Crippen LogP contribution < -0.4 is 5.32 Å². The molecule has 2 heterocycles. The van der Waals surface area contributed by atoms with E-state index < -0.39 is 0 Å². The first-order valence-electron chi connectivity index (χ1n) is 6.90. The van der Waals surface area contributed by atoms with Gasteiger partial charge in [-0.3, -0.25) is 4.98 Å². The summed E-state index contributed by atoms with van der Waals surface area (Å²) in [6, 6.07) is 7.59. The van der Waals surface area contributed by atoms with Crippen LogP contribution in [0.25, 0.3) is 10.9 Å². The van der Waals surface area contributed by atoms with E-state index in [0.717, 1.165) is 29.6 Å². The van der Waals surface area contributed by atoms with E-state index in [2.05, 4.69) is 20.5 Å². The van der Waals surface area contributed by atoms with Crippen LogP contribution in [0.4, 0.5) is 11.6 Å². The number of rotatable bonds is 6. The van der Waals surface area contributed by atoms with Gasteiger partial charge in [0.1, 0.15) is 0 Å². The molecule has 112 valence electrons. The minimum absolute atomic E-state index is 0.212. The van der Waals surface area contributed by atoms with Crippen molar-refractivity contribution in [3.63, 3.8) is 0 Å². The summed E-state index contributed by atoms with van der Waals surface area (Å²) in [5.41, 5.74) is 1.88. The molecule has 0 aliphatic heterocycles. The molecule has 0 bridgehead atoms. The molecule has 1 N–H and O–H groups in total. The maximum absolute atomic E-state index is 10.5. The molecule has 3 rings (SSSR count). The van der Waals surface area contributed by atoms with Crippen LogP contribution in [0.1, 0.15) is 6.42 Å². The van der Waals surface area contributed by atoms with Gasteiger partial charge in [0.25, 0.3) is 5.95 Å². The van der Waals surface area contributed by atoms with E-state index in [1.165, 1.54) is 0 Å². The lowest BCUT2D eigenvalue weighted by molar-refractivity contribution is 0.664. The predicted molar refractivity (Wildman–Crippen MR) is 87.5 cm³/mol. The normalized spacial score (nSPS) is 10.8. The number of halogens is 1. The van der Waals surface area contributed by atoms with Crippen molar-refractivity contribution in [1.82, 2.24) is 14.5 Å². The van der Waals surface area contributed by atoms with Crippen molar-refractivity contribution in [2.24, 2.45) is 5.18 Å². The van der Waals surface area contributed by atoms with Crippen molar-refractivity contribution in [3.05, 3.63) is 52.8 Å². The third kappa shape index (κ3) is 3.07. The number of pyridine rings is 1. The first-order chi connectivity index (χ1) is 10.8. The van der Waals surface area contributed by atoms with Gasteiger partial charge in [-0.1, -0.05) is 11.6 Å². The van der Waals surface area contributed by atoms with Gasteiger partial charge in [0.05, 0.1) is 5.52 Å². The lowest BCUT2D eigenvalue weighted by Gasteiger charge is -2.10. The summed E-state index contributed by atoms with van der Waals surface area (Å²) in [5.74, 6) is 0.212. The van der Waals surface area contributed by atoms with Crippen LogP contribution in [0.2, 0.25) is 5.02 Å². The second-order valence-electron chi connectivity index (χ2n) is 4.81. The topological polar surface area (TPSA) is 72.2 Å². The van der Waals surface area contributed by atoms with Crippen LogP contribution in [0, 0.1) is 4.91 Å². The van der Waals surface area contributed by atoms with E-state index in [1.54, 1.807) is 23.2 Å². The molecule has 2 aromatic heterocycles. The number of nitroso groups, excluding NO2 is 1. The number of benzene rings is 1. The van der Waals surface area contributed by atoms with Crippen LogP contribution >= 0.6 is 11.6 Å². The lowest BCUT2D eigenvalue weighted by Crippen LogP contribution is -2.06. The van der Waals surface area contributed by atoms with Gasteiger partial charge < -0.3 is 9.88 Å². The predicted octanol–water partition coefficient (Wildman–Crippen LogP) is 3.98. The van der Waals surface area contributed by atoms with Crippen molar-refractivity contribution in [1.29, 1.82) is 0 Å². The van der Waals surface area contributed by atoms with Crippen molar-refractivity contribution >= 4 is 34.1 Å². The molecule has 22 heavy (non-hydrogen) atoms. The summed E-state index contributed by atoms with van der Waals surface area (Å²) in [6.45, 7) is 1.45. The SMILES string of the molecule is O=Nc1nccn1CCCNc1ccnc2cc(Cl)ccc12. The van der Waals surface area contributed by atoms with Gasteiger partial charge in [-0.05, 0) is 30.7 Å². The number of aryl methyl sites for hydroxylation is 1. The number of imidazole rings is 1. The molecule has 7 heteroatoms. The second kappa shape index (κ2) is 6.53. The van der Waals surface area contributed by atoms with Crippen LogP contribution in [0.5, 0.6) is 0 Å². The van der Waals surface area contributed by atoms with Gasteiger partial charge in [-0.15, -0.1) is 4.91 Å². The number of nitrogens with one attached hydrogen (secondary N) is 1. The van der Waals surface area contributed by atoms with Gasteiger partial charge >= 0.3 is 0 Å². The van der Waals surface area contributed by atoms with Gasteiger partial charge in [0, 0.05) is 53.0 Å². The summed E-state index contributed by atoms with van der Waals surface area (Å²) in [5, 5.41) is 7.96. The van der Waals surface area contributed by atoms with Gasteiger partial charge in [-0.2, -0.15) is 0 Å². The minimum atomic E-state index is 0.212. The van der Waals surface area contributed by atoms with Gasteiger partial charge in [-0.25, -0.2) is 4.98 Å². The quantitative estimate of drug-likeness (QED) is 0.551. The number of aromatic nitrogens is 3. The highest BCUT2D eigenvalue weighted by molar-refractivity contribution is 6.31. The summed E-state index contributed by atoms with van der Waals surface area (Å²) < 4.78 is 1.74. The first-order valence-corrected chi connectivity index (χ1v) is 7.28. The maximum Gasteiger partial charge on any atom is 0.271 e. The van der Waals surface area contributed by atoms with Crippen molar-refractivity contribution in [3.8, 4) is 0 Å². The average molecular weight is 316 g/mol. The molecule has 0 atom stereocenters. The highest BCUT2D eigenvalue weighted by Crippen LogP contribution is 2.24. The minimum Gasteiger partial charge on any atom is -0.384 e. The maximum atomic E-state index is 10.5. The zero-order valence-corrected chi connectivity index (χ0v) is 12.5. The summed E-state index contributed by atoms with van der Waals surface area (Å²) in [7, 11) is 0. The molecule has 0 radical (unpaired) electrons. The van der Waals surface area contributed by atoms with Crippen molar-refractivity contribution < 1.29 is 0 Å². The molecule has 3 aromatic rings. The Bertz CT molecular complexity index is 801. The highest BCUT2D eigenvalue weighted by Gasteiger charge is 2.04. The number of anilines is 1. The lowest BCUT2D eigenvalue weighted by atomic mass is 10.2. The smallest absolute Gasteiger partial charge is 0.271 e. The summed E-state index contributed by atoms with van der Waals surface area (Å²) in [4.78, 5) is 18.7. The monoisotopic (exact) mass is 315 g/mol. The van der Waals surface area contributed by atoms with Crippen LogP contribution in [0.15, 0.2) is 48.0 Å². The fraction of sp³-hybridized carbons (Fsp3) is 0.200. The molecule has 1 aromatic carbocycles. The van der Waals surface area contributed by atoms with Crippen LogP contribution in [-0.2, 0) is 6.54 Å². The Hall–Kier alpha value is -2.47. The number of nitrogens with zero attached hydrogens (tertiary/aromatic N) is 4. The Morgan fingerprint density at radius 1 is 1.23 bits per heavy atom. The molecule has 0 amide bonds. The standard InChI is InChI=1S/C15H14ClN5O/c16-11-2-3-12-13(4-6-18-14(12)10-11)17-5-1-8-21-9-7-19-15(21)20-22/h2-4,6-7,9-10H,1,5,8H2,(H,17,18). The molecule has 0 unspecified atom stereocenters. The molecule has 0 aliphatic rings. The molecule has 0 spiro atoms. The van der Waals surface area contributed by atoms with E-state index in [0.29, 0.717) is 11.6 Å². The average Bonchev–Trinajstić information content (AvgIpc) is 2.98. The largest absolute Gasteiger partial charge is 0.384 e. The van der Waals surface area contributed by atoms with Crippen LogP contribution in [-0.4, -0.2) is 21.1 Å². The molecule has 0 aliphatic carbocycles. The van der Waals surface area contributed by atoms with Gasteiger partial charge in [0.15, 0.2) is 0 Å². The van der Waals surface area contributed by atoms with Crippen molar-refractivity contribution in [2.45, 2.75) is 13.0 Å². The first kappa shape index (κ1) is 14.5. The van der Waals surface area contributed by atoms with Crippen LogP contribution in [0.3, 0.4) is 0 Å². The van der Waals surface area contributed by atoms with E-state index in [4.69, 9.17) is 11.6 Å². The van der Waals surface area contributed by atoms with E-state index in [1.807, 2.05) is 24.3 Å². The van der Waals surface area contributed by atoms with E-state index in [9.17, 15) is 4.91 Å². The number of fused-ring (bicyclic) bond motifs is 1. The highest BCUT2D eigenvalue weighted by atomic mass is 35.5. The Morgan fingerprint density at radius 3 is 3.00 bits per heavy atom. The Balaban J connectivity index is 1.63. The third-order valence-corrected chi connectivity index (χ3v) is 3.61. The number of hydrogen-bond acceptors (Lipinski definition) is 5. The molecule has 0 saturated carbocycles. The fourth-order valence-corrected chi connectivity index (χ4v) is 2.49. The Morgan fingerprint density at radius 2 is 2.14 bits per heavy atom. The van der Waals surface area contributed by atoms with E-state index >= 15 is 0 Å². The summed E-state index contributed by atoms with van der Waals surface area (Å²) in [6.07, 6.45) is 5.92. The zero-order chi connectivity index (χ0) is 15.4. The molecule has 0 saturated heterocycles. The summed E-state index contributed by atoms with van der Waals surface area (Å²) >= 11 is 5.98.